The summed E-state index contributed by atoms with van der Waals surface area (Å²) in [5, 5.41) is 10.9. The van der Waals surface area contributed by atoms with Gasteiger partial charge < -0.3 is 4.74 Å². The Labute approximate surface area is 180 Å². The summed E-state index contributed by atoms with van der Waals surface area (Å²) in [7, 11) is 0. The van der Waals surface area contributed by atoms with Crippen molar-refractivity contribution in [2.24, 2.45) is 0 Å². The molecule has 0 bridgehead atoms. The lowest BCUT2D eigenvalue weighted by molar-refractivity contribution is -0.384. The van der Waals surface area contributed by atoms with Gasteiger partial charge in [-0.25, -0.2) is 4.79 Å². The lowest BCUT2D eigenvalue weighted by atomic mass is 10.0. The Hall–Kier alpha value is -1.62. The quantitative estimate of drug-likeness (QED) is 0.110. The van der Waals surface area contributed by atoms with Crippen LogP contribution >= 0.6 is 11.6 Å². The Balaban J connectivity index is 1.98. The van der Waals surface area contributed by atoms with Gasteiger partial charge in [0.2, 0.25) is 0 Å². The van der Waals surface area contributed by atoms with Gasteiger partial charge >= 0.3 is 5.97 Å². The van der Waals surface area contributed by atoms with Crippen molar-refractivity contribution in [1.29, 1.82) is 0 Å². The van der Waals surface area contributed by atoms with Gasteiger partial charge in [-0.15, -0.1) is 0 Å². The van der Waals surface area contributed by atoms with E-state index in [2.05, 4.69) is 6.92 Å². The van der Waals surface area contributed by atoms with Crippen molar-refractivity contribution in [1.82, 2.24) is 0 Å². The minimum absolute atomic E-state index is 0.0125. The molecule has 1 aromatic rings. The fourth-order valence-corrected chi connectivity index (χ4v) is 3.51. The van der Waals surface area contributed by atoms with Crippen molar-refractivity contribution in [2.75, 3.05) is 6.61 Å². The molecule has 0 aliphatic carbocycles. The highest BCUT2D eigenvalue weighted by molar-refractivity contribution is 6.32. The number of carbonyl (C=O) groups excluding carboxylic acids is 1. The van der Waals surface area contributed by atoms with Crippen LogP contribution in [0, 0.1) is 10.1 Å². The van der Waals surface area contributed by atoms with Crippen LogP contribution in [0.25, 0.3) is 0 Å². The van der Waals surface area contributed by atoms with Crippen LogP contribution in [0.1, 0.15) is 107 Å². The summed E-state index contributed by atoms with van der Waals surface area (Å²) in [5.41, 5.74) is -0.121. The van der Waals surface area contributed by atoms with Crippen LogP contribution in [0.3, 0.4) is 0 Å². The molecule has 1 aromatic carbocycles. The second-order valence-electron chi connectivity index (χ2n) is 7.66. The monoisotopic (exact) mass is 425 g/mol. The Kier molecular flexibility index (Phi) is 14.2. The SMILES string of the molecule is CCCCCCCCCCCCCCCCOC(=O)c1ccc(Cl)c([N+](=O)[O-])c1. The highest BCUT2D eigenvalue weighted by Crippen LogP contribution is 2.25. The Bertz CT molecular complexity index is 607. The molecule has 0 atom stereocenters. The van der Waals surface area contributed by atoms with Gasteiger partial charge in [-0.05, 0) is 18.6 Å². The number of benzene rings is 1. The second kappa shape index (κ2) is 16.2. The summed E-state index contributed by atoms with van der Waals surface area (Å²) in [6.45, 7) is 2.59. The zero-order valence-corrected chi connectivity index (χ0v) is 18.6. The predicted molar refractivity (Wildman–Crippen MR) is 119 cm³/mol. The average Bonchev–Trinajstić information content (AvgIpc) is 2.70. The van der Waals surface area contributed by atoms with E-state index in [1.165, 1.54) is 82.8 Å². The van der Waals surface area contributed by atoms with E-state index in [4.69, 9.17) is 16.3 Å². The molecule has 0 aliphatic heterocycles. The molecule has 0 spiro atoms. The number of carbonyl (C=O) groups is 1. The van der Waals surface area contributed by atoms with Crippen LogP contribution in [0.2, 0.25) is 5.02 Å². The highest BCUT2D eigenvalue weighted by atomic mass is 35.5. The van der Waals surface area contributed by atoms with Crippen molar-refractivity contribution in [3.8, 4) is 0 Å². The van der Waals surface area contributed by atoms with Crippen molar-refractivity contribution < 1.29 is 14.5 Å². The third-order valence-corrected chi connectivity index (χ3v) is 5.43. The zero-order chi connectivity index (χ0) is 21.3. The number of esters is 1. The Morgan fingerprint density at radius 1 is 0.897 bits per heavy atom. The van der Waals surface area contributed by atoms with Crippen LogP contribution in [0.4, 0.5) is 5.69 Å². The highest BCUT2D eigenvalue weighted by Gasteiger charge is 2.16. The van der Waals surface area contributed by atoms with Crippen LogP contribution in [-0.2, 0) is 4.74 Å². The van der Waals surface area contributed by atoms with Gasteiger partial charge in [-0.1, -0.05) is 102 Å². The zero-order valence-electron chi connectivity index (χ0n) is 17.8. The summed E-state index contributed by atoms with van der Waals surface area (Å²) < 4.78 is 5.21. The number of rotatable bonds is 17. The number of hydrogen-bond acceptors (Lipinski definition) is 4. The molecule has 0 aromatic heterocycles. The molecule has 0 unspecified atom stereocenters. The van der Waals surface area contributed by atoms with Crippen molar-refractivity contribution in [2.45, 2.75) is 96.8 Å². The van der Waals surface area contributed by atoms with E-state index >= 15 is 0 Å². The third kappa shape index (κ3) is 11.8. The summed E-state index contributed by atoms with van der Waals surface area (Å²) in [6.07, 6.45) is 17.8. The standard InChI is InChI=1S/C23H36ClNO4/c1-2-3-4-5-6-7-8-9-10-11-12-13-14-15-18-29-23(26)20-16-17-21(24)22(19-20)25(27)28/h16-17,19H,2-15,18H2,1H3. The van der Waals surface area contributed by atoms with Gasteiger partial charge in [-0.2, -0.15) is 0 Å². The molecule has 29 heavy (non-hydrogen) atoms. The molecule has 0 saturated carbocycles. The number of halogens is 1. The van der Waals surface area contributed by atoms with Crippen molar-refractivity contribution in [3.05, 3.63) is 38.9 Å². The lowest BCUT2D eigenvalue weighted by Crippen LogP contribution is -2.07. The maximum absolute atomic E-state index is 12.0. The first-order valence-electron chi connectivity index (χ1n) is 11.2. The van der Waals surface area contributed by atoms with Crippen molar-refractivity contribution >= 4 is 23.3 Å². The second-order valence-corrected chi connectivity index (χ2v) is 8.06. The molecule has 5 nitrogen and oxygen atoms in total. The molecule has 0 radical (unpaired) electrons. The fourth-order valence-electron chi connectivity index (χ4n) is 3.32. The minimum atomic E-state index is -0.604. The molecule has 0 N–H and O–H groups in total. The topological polar surface area (TPSA) is 69.4 Å². The van der Waals surface area contributed by atoms with E-state index in [1.54, 1.807) is 0 Å². The van der Waals surface area contributed by atoms with E-state index < -0.39 is 10.9 Å². The van der Waals surface area contributed by atoms with E-state index in [-0.39, 0.29) is 16.3 Å². The van der Waals surface area contributed by atoms with Crippen LogP contribution < -0.4 is 0 Å². The normalized spacial score (nSPS) is 10.8. The van der Waals surface area contributed by atoms with E-state index in [1.807, 2.05) is 0 Å². The number of hydrogen-bond donors (Lipinski definition) is 0. The maximum atomic E-state index is 12.0. The fraction of sp³-hybridized carbons (Fsp3) is 0.696. The molecular weight excluding hydrogens is 390 g/mol. The summed E-state index contributed by atoms with van der Waals surface area (Å²) in [6, 6.07) is 3.96. The molecule has 0 saturated heterocycles. The van der Waals surface area contributed by atoms with Gasteiger partial charge in [0.05, 0.1) is 17.1 Å². The van der Waals surface area contributed by atoms with E-state index in [0.29, 0.717) is 6.61 Å². The number of nitro benzene ring substituents is 1. The van der Waals surface area contributed by atoms with Gasteiger partial charge in [0, 0.05) is 6.07 Å². The average molecular weight is 426 g/mol. The molecule has 164 valence electrons. The largest absolute Gasteiger partial charge is 0.462 e. The van der Waals surface area contributed by atoms with Crippen LogP contribution in [0.15, 0.2) is 18.2 Å². The maximum Gasteiger partial charge on any atom is 0.338 e. The Morgan fingerprint density at radius 3 is 1.86 bits per heavy atom. The molecular formula is C23H36ClNO4. The number of ether oxygens (including phenoxy) is 1. The molecule has 0 amide bonds. The molecule has 0 heterocycles. The number of nitro groups is 1. The smallest absolute Gasteiger partial charge is 0.338 e. The van der Waals surface area contributed by atoms with E-state index in [0.717, 1.165) is 25.3 Å². The van der Waals surface area contributed by atoms with Gasteiger partial charge in [0.15, 0.2) is 0 Å². The summed E-state index contributed by atoms with van der Waals surface area (Å²) in [4.78, 5) is 22.2. The first kappa shape index (κ1) is 25.4. The van der Waals surface area contributed by atoms with Crippen LogP contribution in [-0.4, -0.2) is 17.5 Å². The molecule has 0 fully saturated rings. The van der Waals surface area contributed by atoms with Gasteiger partial charge in [0.25, 0.3) is 5.69 Å². The van der Waals surface area contributed by atoms with E-state index in [9.17, 15) is 14.9 Å². The summed E-state index contributed by atoms with van der Waals surface area (Å²) >= 11 is 5.75. The predicted octanol–water partition coefficient (Wildman–Crippen LogP) is 7.89. The first-order valence-corrected chi connectivity index (χ1v) is 11.5. The molecule has 6 heteroatoms. The minimum Gasteiger partial charge on any atom is -0.462 e. The number of unbranched alkanes of at least 4 members (excludes halogenated alkanes) is 13. The van der Waals surface area contributed by atoms with Gasteiger partial charge in [-0.3, -0.25) is 10.1 Å². The third-order valence-electron chi connectivity index (χ3n) is 5.11. The molecule has 1 rings (SSSR count). The molecule has 0 aliphatic rings. The lowest BCUT2D eigenvalue weighted by Gasteiger charge is -2.06. The van der Waals surface area contributed by atoms with Crippen molar-refractivity contribution in [3.63, 3.8) is 0 Å². The number of nitrogens with zero attached hydrogens (tertiary/aromatic N) is 1. The Morgan fingerprint density at radius 2 is 1.38 bits per heavy atom. The first-order chi connectivity index (χ1) is 14.1. The van der Waals surface area contributed by atoms with Crippen LogP contribution in [0.5, 0.6) is 0 Å². The summed E-state index contributed by atoms with van der Waals surface area (Å²) in [5.74, 6) is -0.542. The van der Waals surface area contributed by atoms with Gasteiger partial charge in [0.1, 0.15) is 5.02 Å².